The van der Waals surface area contributed by atoms with Crippen LogP contribution >= 0.6 is 0 Å². The van der Waals surface area contributed by atoms with Gasteiger partial charge in [0.2, 0.25) is 0 Å². The van der Waals surface area contributed by atoms with Crippen LogP contribution in [0.15, 0.2) is 0 Å². The normalized spacial score (nSPS) is 10.4. The number of aliphatic carboxylic acids is 1. The van der Waals surface area contributed by atoms with Gasteiger partial charge in [-0.25, -0.2) is 9.59 Å². The van der Waals surface area contributed by atoms with Crippen molar-refractivity contribution in [1.82, 2.24) is 10.2 Å². The molecular weight excluding hydrogens is 240 g/mol. The first-order valence-corrected chi connectivity index (χ1v) is 5.94. The van der Waals surface area contributed by atoms with Crippen LogP contribution in [0.3, 0.4) is 0 Å². The molecule has 0 saturated heterocycles. The second kappa shape index (κ2) is 9.67. The second-order valence-corrected chi connectivity index (χ2v) is 4.04. The number of aliphatic hydroxyl groups excluding tert-OH is 1. The monoisotopic (exact) mass is 262 g/mol. The number of nitrogens with zero attached hydrogens (tertiary/aromatic N) is 1. The highest BCUT2D eigenvalue weighted by atomic mass is 16.5. The molecule has 0 rings (SSSR count). The average molecular weight is 262 g/mol. The number of amides is 2. The number of carbonyl (C=O) groups is 2. The summed E-state index contributed by atoms with van der Waals surface area (Å²) in [4.78, 5) is 23.5. The Morgan fingerprint density at radius 2 is 2.06 bits per heavy atom. The highest BCUT2D eigenvalue weighted by Gasteiger charge is 2.15. The third-order valence-electron chi connectivity index (χ3n) is 2.19. The van der Waals surface area contributed by atoms with Gasteiger partial charge in [-0.05, 0) is 20.3 Å². The minimum Gasteiger partial charge on any atom is -0.480 e. The fourth-order valence-electron chi connectivity index (χ4n) is 1.33. The van der Waals surface area contributed by atoms with E-state index in [1.54, 1.807) is 4.90 Å². The number of carboxylic acids is 1. The molecule has 0 aliphatic heterocycles. The first-order valence-electron chi connectivity index (χ1n) is 5.94. The SMILES string of the molecule is CC(C)N(CCCO)C(=O)NCCOCC(=O)O. The Kier molecular flexibility index (Phi) is 8.95. The van der Waals surface area contributed by atoms with Crippen molar-refractivity contribution >= 4 is 12.0 Å². The molecule has 0 aromatic carbocycles. The van der Waals surface area contributed by atoms with Gasteiger partial charge in [0.25, 0.3) is 0 Å². The minimum atomic E-state index is -1.03. The molecule has 0 bridgehead atoms. The van der Waals surface area contributed by atoms with E-state index in [4.69, 9.17) is 14.9 Å². The summed E-state index contributed by atoms with van der Waals surface area (Å²) in [7, 11) is 0. The van der Waals surface area contributed by atoms with E-state index < -0.39 is 5.97 Å². The fraction of sp³-hybridized carbons (Fsp3) is 0.818. The Balaban J connectivity index is 3.85. The van der Waals surface area contributed by atoms with E-state index in [0.29, 0.717) is 13.0 Å². The Morgan fingerprint density at radius 3 is 2.56 bits per heavy atom. The molecular formula is C11H22N2O5. The van der Waals surface area contributed by atoms with E-state index in [2.05, 4.69) is 5.32 Å². The lowest BCUT2D eigenvalue weighted by molar-refractivity contribution is -0.142. The molecule has 7 heteroatoms. The number of carbonyl (C=O) groups excluding carboxylic acids is 1. The second-order valence-electron chi connectivity index (χ2n) is 4.04. The first-order chi connectivity index (χ1) is 8.49. The van der Waals surface area contributed by atoms with E-state index in [1.807, 2.05) is 13.8 Å². The van der Waals surface area contributed by atoms with E-state index in [0.717, 1.165) is 0 Å². The maximum Gasteiger partial charge on any atom is 0.329 e. The van der Waals surface area contributed by atoms with Crippen LogP contribution < -0.4 is 5.32 Å². The summed E-state index contributed by atoms with van der Waals surface area (Å²) in [5.74, 6) is -1.03. The van der Waals surface area contributed by atoms with Gasteiger partial charge >= 0.3 is 12.0 Å². The molecule has 3 N–H and O–H groups in total. The van der Waals surface area contributed by atoms with Crippen molar-refractivity contribution in [3.63, 3.8) is 0 Å². The minimum absolute atomic E-state index is 0.0384. The van der Waals surface area contributed by atoms with Gasteiger partial charge in [-0.3, -0.25) is 0 Å². The third-order valence-corrected chi connectivity index (χ3v) is 2.19. The number of aliphatic hydroxyl groups is 1. The van der Waals surface area contributed by atoms with E-state index >= 15 is 0 Å². The summed E-state index contributed by atoms with van der Waals surface area (Å²) < 4.78 is 4.79. The van der Waals surface area contributed by atoms with Crippen LogP contribution in [-0.2, 0) is 9.53 Å². The topological polar surface area (TPSA) is 99.1 Å². The number of ether oxygens (including phenoxy) is 1. The van der Waals surface area contributed by atoms with Gasteiger partial charge in [0.05, 0.1) is 6.61 Å². The van der Waals surface area contributed by atoms with Crippen LogP contribution in [0.1, 0.15) is 20.3 Å². The lowest BCUT2D eigenvalue weighted by Crippen LogP contribution is -2.45. The molecule has 7 nitrogen and oxygen atoms in total. The van der Waals surface area contributed by atoms with Crippen LogP contribution in [-0.4, -0.2) is 66.1 Å². The molecule has 2 amide bonds. The van der Waals surface area contributed by atoms with Crippen molar-refractivity contribution < 1.29 is 24.5 Å². The van der Waals surface area contributed by atoms with Gasteiger partial charge < -0.3 is 25.2 Å². The molecule has 0 aliphatic carbocycles. The van der Waals surface area contributed by atoms with E-state index in [9.17, 15) is 9.59 Å². The molecule has 0 spiro atoms. The molecule has 0 aliphatic rings. The van der Waals surface area contributed by atoms with Crippen molar-refractivity contribution in [1.29, 1.82) is 0 Å². The van der Waals surface area contributed by atoms with Crippen LogP contribution in [0.4, 0.5) is 4.79 Å². The van der Waals surface area contributed by atoms with Crippen molar-refractivity contribution in [2.75, 3.05) is 32.9 Å². The molecule has 0 heterocycles. The Morgan fingerprint density at radius 1 is 1.39 bits per heavy atom. The molecule has 0 fully saturated rings. The zero-order chi connectivity index (χ0) is 14.0. The van der Waals surface area contributed by atoms with E-state index in [1.165, 1.54) is 0 Å². The Hall–Kier alpha value is -1.34. The van der Waals surface area contributed by atoms with Crippen molar-refractivity contribution in [2.45, 2.75) is 26.3 Å². The predicted octanol–water partition coefficient (Wildman–Crippen LogP) is -0.110. The molecule has 0 saturated carbocycles. The van der Waals surface area contributed by atoms with Gasteiger partial charge in [0, 0.05) is 25.7 Å². The molecule has 106 valence electrons. The van der Waals surface area contributed by atoms with Gasteiger partial charge in [0.1, 0.15) is 6.61 Å². The number of urea groups is 1. The molecule has 0 aromatic heterocycles. The molecule has 0 radical (unpaired) electrons. The quantitative estimate of drug-likeness (QED) is 0.503. The van der Waals surface area contributed by atoms with Gasteiger partial charge in [-0.2, -0.15) is 0 Å². The van der Waals surface area contributed by atoms with Crippen molar-refractivity contribution in [2.24, 2.45) is 0 Å². The van der Waals surface area contributed by atoms with Gasteiger partial charge in [-0.1, -0.05) is 0 Å². The Bertz CT molecular complexity index is 258. The predicted molar refractivity (Wildman–Crippen MR) is 65.4 cm³/mol. The number of carboxylic acid groups (broad SMARTS) is 1. The molecule has 18 heavy (non-hydrogen) atoms. The average Bonchev–Trinajstić information content (AvgIpc) is 2.28. The molecule has 0 aromatic rings. The summed E-state index contributed by atoms with van der Waals surface area (Å²) >= 11 is 0. The van der Waals surface area contributed by atoms with Crippen LogP contribution in [0.2, 0.25) is 0 Å². The number of rotatable bonds is 9. The number of hydrogen-bond donors (Lipinski definition) is 3. The lowest BCUT2D eigenvalue weighted by atomic mass is 10.3. The first kappa shape index (κ1) is 16.7. The number of hydrogen-bond acceptors (Lipinski definition) is 4. The summed E-state index contributed by atoms with van der Waals surface area (Å²) in [5, 5.41) is 19.7. The van der Waals surface area contributed by atoms with Crippen LogP contribution in [0, 0.1) is 0 Å². The highest BCUT2D eigenvalue weighted by molar-refractivity contribution is 5.74. The maximum absolute atomic E-state index is 11.7. The van der Waals surface area contributed by atoms with Gasteiger partial charge in [-0.15, -0.1) is 0 Å². The fourth-order valence-corrected chi connectivity index (χ4v) is 1.33. The van der Waals surface area contributed by atoms with Crippen molar-refractivity contribution in [3.8, 4) is 0 Å². The van der Waals surface area contributed by atoms with Crippen molar-refractivity contribution in [3.05, 3.63) is 0 Å². The summed E-state index contributed by atoms with van der Waals surface area (Å²) in [6.07, 6.45) is 0.529. The molecule has 0 atom stereocenters. The molecule has 0 unspecified atom stereocenters. The standard InChI is InChI=1S/C11H22N2O5/c1-9(2)13(5-3-6-14)11(17)12-4-7-18-8-10(15)16/h9,14H,3-8H2,1-2H3,(H,12,17)(H,15,16). The summed E-state index contributed by atoms with van der Waals surface area (Å²) in [6.45, 7) is 4.34. The summed E-state index contributed by atoms with van der Waals surface area (Å²) in [5.41, 5.74) is 0. The summed E-state index contributed by atoms with van der Waals surface area (Å²) in [6, 6.07) is -0.200. The largest absolute Gasteiger partial charge is 0.480 e. The maximum atomic E-state index is 11.7. The highest BCUT2D eigenvalue weighted by Crippen LogP contribution is 2.00. The third kappa shape index (κ3) is 7.86. The van der Waals surface area contributed by atoms with Crippen LogP contribution in [0.25, 0.3) is 0 Å². The zero-order valence-electron chi connectivity index (χ0n) is 10.9. The smallest absolute Gasteiger partial charge is 0.329 e. The van der Waals surface area contributed by atoms with Gasteiger partial charge in [0.15, 0.2) is 0 Å². The number of nitrogens with one attached hydrogen (secondary N) is 1. The van der Waals surface area contributed by atoms with E-state index in [-0.39, 0.29) is 38.4 Å². The van der Waals surface area contributed by atoms with Crippen LogP contribution in [0.5, 0.6) is 0 Å². The lowest BCUT2D eigenvalue weighted by Gasteiger charge is -2.26. The zero-order valence-corrected chi connectivity index (χ0v) is 10.9. The Labute approximate surface area is 107 Å².